The van der Waals surface area contributed by atoms with Crippen LogP contribution in [-0.4, -0.2) is 15.8 Å². The molecule has 0 atom stereocenters. The third-order valence-corrected chi connectivity index (χ3v) is 3.57. The molecule has 3 nitrogen and oxygen atoms in total. The predicted octanol–water partition coefficient (Wildman–Crippen LogP) is 3.58. The fraction of sp³-hybridized carbons (Fsp3) is 0. The van der Waals surface area contributed by atoms with Crippen LogP contribution in [0.2, 0.25) is 0 Å². The first-order valence-electron chi connectivity index (χ1n) is 5.91. The van der Waals surface area contributed by atoms with E-state index in [-0.39, 0.29) is 5.78 Å². The lowest BCUT2D eigenvalue weighted by atomic mass is 10.1. The van der Waals surface area contributed by atoms with Gasteiger partial charge >= 0.3 is 0 Å². The van der Waals surface area contributed by atoms with Gasteiger partial charge in [-0.3, -0.25) is 9.78 Å². The Hall–Kier alpha value is -2.40. The molecule has 0 aliphatic heterocycles. The number of hydrogen-bond acceptors (Lipinski definition) is 4. The number of nitrogens with zero attached hydrogens (tertiary/aromatic N) is 2. The van der Waals surface area contributed by atoms with Gasteiger partial charge in [0.15, 0.2) is 5.01 Å². The van der Waals surface area contributed by atoms with Gasteiger partial charge in [-0.25, -0.2) is 9.37 Å². The van der Waals surface area contributed by atoms with E-state index >= 15 is 0 Å². The van der Waals surface area contributed by atoms with Crippen LogP contribution >= 0.6 is 11.3 Å². The highest BCUT2D eigenvalue weighted by Gasteiger charge is 2.14. The highest BCUT2D eigenvalue weighted by molar-refractivity contribution is 7.12. The van der Waals surface area contributed by atoms with Gasteiger partial charge in [-0.2, -0.15) is 0 Å². The van der Waals surface area contributed by atoms with E-state index in [0.717, 1.165) is 6.20 Å². The molecule has 0 fully saturated rings. The highest BCUT2D eigenvalue weighted by atomic mass is 32.1. The zero-order valence-corrected chi connectivity index (χ0v) is 11.1. The number of carbonyl (C=O) groups excluding carboxylic acids is 1. The molecular formula is C15H9FN2OS. The zero-order chi connectivity index (χ0) is 13.9. The summed E-state index contributed by atoms with van der Waals surface area (Å²) in [5, 5.41) is 2.15. The molecule has 20 heavy (non-hydrogen) atoms. The lowest BCUT2D eigenvalue weighted by Gasteiger charge is -1.96. The van der Waals surface area contributed by atoms with Gasteiger partial charge in [-0.15, -0.1) is 11.3 Å². The summed E-state index contributed by atoms with van der Waals surface area (Å²) in [6, 6.07) is 11.8. The van der Waals surface area contributed by atoms with Crippen LogP contribution in [0.15, 0.2) is 54.0 Å². The molecule has 0 amide bonds. The highest BCUT2D eigenvalue weighted by Crippen LogP contribution is 2.22. The molecule has 2 heterocycles. The summed E-state index contributed by atoms with van der Waals surface area (Å²) in [4.78, 5) is 20.4. The van der Waals surface area contributed by atoms with Crippen LogP contribution in [0.3, 0.4) is 0 Å². The van der Waals surface area contributed by atoms with Crippen LogP contribution in [-0.2, 0) is 0 Å². The molecule has 98 valence electrons. The lowest BCUT2D eigenvalue weighted by Crippen LogP contribution is -2.00. The van der Waals surface area contributed by atoms with Gasteiger partial charge in [-0.1, -0.05) is 30.3 Å². The third kappa shape index (κ3) is 2.48. The first kappa shape index (κ1) is 12.6. The molecule has 0 bridgehead atoms. The Morgan fingerprint density at radius 1 is 1.05 bits per heavy atom. The van der Waals surface area contributed by atoms with Crippen molar-refractivity contribution < 1.29 is 9.18 Å². The molecule has 0 N–H and O–H groups in total. The molecule has 3 aromatic rings. The Bertz CT molecular complexity index is 738. The van der Waals surface area contributed by atoms with Gasteiger partial charge in [0.25, 0.3) is 0 Å². The fourth-order valence-corrected chi connectivity index (χ4v) is 2.51. The molecule has 2 aromatic heterocycles. The van der Waals surface area contributed by atoms with Gasteiger partial charge < -0.3 is 0 Å². The van der Waals surface area contributed by atoms with E-state index in [1.165, 1.54) is 17.4 Å². The van der Waals surface area contributed by atoms with Crippen molar-refractivity contribution in [2.45, 2.75) is 0 Å². The second kappa shape index (κ2) is 5.30. The molecule has 0 spiro atoms. The number of benzene rings is 1. The maximum absolute atomic E-state index is 12.8. The van der Waals surface area contributed by atoms with Gasteiger partial charge in [0.1, 0.15) is 11.5 Å². The van der Waals surface area contributed by atoms with E-state index in [4.69, 9.17) is 0 Å². The number of carbonyl (C=O) groups is 1. The average Bonchev–Trinajstić information content (AvgIpc) is 2.98. The maximum Gasteiger partial charge on any atom is 0.221 e. The summed E-state index contributed by atoms with van der Waals surface area (Å²) >= 11 is 1.26. The van der Waals surface area contributed by atoms with Crippen molar-refractivity contribution in [1.29, 1.82) is 0 Å². The monoisotopic (exact) mass is 284 g/mol. The van der Waals surface area contributed by atoms with Crippen molar-refractivity contribution in [2.75, 3.05) is 0 Å². The largest absolute Gasteiger partial charge is 0.286 e. The minimum absolute atomic E-state index is 0.121. The Balaban J connectivity index is 1.91. The smallest absolute Gasteiger partial charge is 0.221 e. The van der Waals surface area contributed by atoms with Crippen molar-refractivity contribution in [2.24, 2.45) is 0 Å². The summed E-state index contributed by atoms with van der Waals surface area (Å²) in [6.07, 6.45) is 1.13. The fourth-order valence-electron chi connectivity index (χ4n) is 1.74. The Morgan fingerprint density at radius 2 is 1.85 bits per heavy atom. The number of pyridine rings is 1. The van der Waals surface area contributed by atoms with Crippen molar-refractivity contribution in [1.82, 2.24) is 9.97 Å². The van der Waals surface area contributed by atoms with E-state index in [9.17, 15) is 9.18 Å². The van der Waals surface area contributed by atoms with Crippen molar-refractivity contribution in [3.8, 4) is 11.4 Å². The standard InChI is InChI=1S/C15H9FN2OS/c16-11-6-7-12(17-8-11)13-9-20-15(18-13)14(19)10-4-2-1-3-5-10/h1-9H. The number of hydrogen-bond donors (Lipinski definition) is 0. The van der Waals surface area contributed by atoms with Crippen molar-refractivity contribution >= 4 is 17.1 Å². The van der Waals surface area contributed by atoms with Gasteiger partial charge in [-0.05, 0) is 12.1 Å². The molecule has 3 rings (SSSR count). The molecule has 0 radical (unpaired) electrons. The van der Waals surface area contributed by atoms with Crippen molar-refractivity contribution in [3.05, 3.63) is 70.4 Å². The average molecular weight is 284 g/mol. The minimum atomic E-state index is -0.399. The second-order valence-corrected chi connectivity index (χ2v) is 4.95. The van der Waals surface area contributed by atoms with Crippen LogP contribution in [0, 0.1) is 5.82 Å². The molecule has 1 aromatic carbocycles. The predicted molar refractivity (Wildman–Crippen MR) is 75.2 cm³/mol. The van der Waals surface area contributed by atoms with Crippen molar-refractivity contribution in [3.63, 3.8) is 0 Å². The van der Waals surface area contributed by atoms with E-state index in [0.29, 0.717) is 22.0 Å². The van der Waals surface area contributed by atoms with Crippen LogP contribution in [0.25, 0.3) is 11.4 Å². The summed E-state index contributed by atoms with van der Waals surface area (Å²) < 4.78 is 12.8. The van der Waals surface area contributed by atoms with E-state index < -0.39 is 5.82 Å². The van der Waals surface area contributed by atoms with Crippen LogP contribution in [0.4, 0.5) is 4.39 Å². The van der Waals surface area contributed by atoms with Crippen LogP contribution in [0.1, 0.15) is 15.4 Å². The van der Waals surface area contributed by atoms with Crippen LogP contribution in [0.5, 0.6) is 0 Å². The Morgan fingerprint density at radius 3 is 2.55 bits per heavy atom. The van der Waals surface area contributed by atoms with Gasteiger partial charge in [0, 0.05) is 10.9 Å². The first-order chi connectivity index (χ1) is 9.74. The first-order valence-corrected chi connectivity index (χ1v) is 6.79. The molecular weight excluding hydrogens is 275 g/mol. The van der Waals surface area contributed by atoms with E-state index in [1.807, 2.05) is 18.2 Å². The summed E-state index contributed by atoms with van der Waals surface area (Å²) in [7, 11) is 0. The minimum Gasteiger partial charge on any atom is -0.286 e. The topological polar surface area (TPSA) is 42.9 Å². The Labute approximate surface area is 118 Å². The zero-order valence-electron chi connectivity index (χ0n) is 10.3. The van der Waals surface area contributed by atoms with E-state index in [1.54, 1.807) is 23.6 Å². The molecule has 0 unspecified atom stereocenters. The number of rotatable bonds is 3. The number of halogens is 1. The maximum atomic E-state index is 12.8. The summed E-state index contributed by atoms with van der Waals surface area (Å²) in [6.45, 7) is 0. The molecule has 0 saturated heterocycles. The lowest BCUT2D eigenvalue weighted by molar-refractivity contribution is 0.103. The summed E-state index contributed by atoms with van der Waals surface area (Å²) in [5.74, 6) is -0.520. The third-order valence-electron chi connectivity index (χ3n) is 2.72. The molecule has 0 aliphatic rings. The Kier molecular flexibility index (Phi) is 3.35. The number of ketones is 1. The quantitative estimate of drug-likeness (QED) is 0.690. The molecule has 5 heteroatoms. The molecule has 0 saturated carbocycles. The van der Waals surface area contributed by atoms with Crippen LogP contribution < -0.4 is 0 Å². The number of thiazole rings is 1. The van der Waals surface area contributed by atoms with Gasteiger partial charge in [0.2, 0.25) is 5.78 Å². The SMILES string of the molecule is O=C(c1ccccc1)c1nc(-c2ccc(F)cn2)cs1. The normalized spacial score (nSPS) is 10.4. The van der Waals surface area contributed by atoms with E-state index in [2.05, 4.69) is 9.97 Å². The molecule has 0 aliphatic carbocycles. The number of aromatic nitrogens is 2. The summed E-state index contributed by atoms with van der Waals surface area (Å²) in [5.41, 5.74) is 1.73. The van der Waals surface area contributed by atoms with Gasteiger partial charge in [0.05, 0.1) is 11.9 Å². The second-order valence-electron chi connectivity index (χ2n) is 4.09.